The maximum Gasteiger partial charge on any atom is 0.333 e. The van der Waals surface area contributed by atoms with Gasteiger partial charge >= 0.3 is 11.9 Å². The third-order valence-electron chi connectivity index (χ3n) is 9.06. The first-order valence-corrected chi connectivity index (χ1v) is 26.7. The van der Waals surface area contributed by atoms with Gasteiger partial charge in [-0.1, -0.05) is 13.2 Å². The van der Waals surface area contributed by atoms with Crippen LogP contribution in [0.25, 0.3) is 0 Å². The maximum absolute atomic E-state index is 11.2. The molecule has 25 heteroatoms. The molecule has 456 valence electrons. The van der Waals surface area contributed by atoms with Crippen molar-refractivity contribution in [2.24, 2.45) is 0 Å². The molecule has 0 aromatic heterocycles. The highest BCUT2D eigenvalue weighted by molar-refractivity contribution is 5.87. The van der Waals surface area contributed by atoms with Crippen molar-refractivity contribution in [3.05, 3.63) is 24.3 Å². The Kier molecular flexibility index (Phi) is 64.0. The van der Waals surface area contributed by atoms with E-state index in [1.54, 1.807) is 13.8 Å². The van der Waals surface area contributed by atoms with Gasteiger partial charge in [-0.25, -0.2) is 9.59 Å². The van der Waals surface area contributed by atoms with E-state index in [9.17, 15) is 9.59 Å². The fourth-order valence-corrected chi connectivity index (χ4v) is 5.13. The zero-order chi connectivity index (χ0) is 55.7. The molecule has 0 radical (unpaired) electrons. The van der Waals surface area contributed by atoms with Crippen LogP contribution in [-0.4, -0.2) is 303 Å². The summed E-state index contributed by atoms with van der Waals surface area (Å²) >= 11 is 0. The summed E-state index contributed by atoms with van der Waals surface area (Å²) in [7, 11) is 0. The Morgan fingerprint density at radius 2 is 0.260 bits per heavy atom. The summed E-state index contributed by atoms with van der Waals surface area (Å²) < 4.78 is 125. The summed E-state index contributed by atoms with van der Waals surface area (Å²) in [5.74, 6) is -0.839. The first kappa shape index (κ1) is 74.6. The second-order valence-electron chi connectivity index (χ2n) is 15.7. The molecule has 0 aliphatic rings. The standard InChI is InChI=1S/C52H98O25/c1-49(2)51(53)76-47-45-74-43-41-72-39-37-70-35-33-68-31-29-66-27-25-64-23-21-62-19-17-60-15-13-58-11-9-56-7-5-55-6-8-57-10-12-59-14-16-61-18-20-63-22-24-65-26-28-67-30-32-69-34-36-71-38-40-73-42-44-75-46-48-77-52(54)50(3)4/h1,3,5-48H2,2,4H3. The topological polar surface area (TPSA) is 246 Å². The van der Waals surface area contributed by atoms with Crippen LogP contribution in [0.5, 0.6) is 0 Å². The van der Waals surface area contributed by atoms with Crippen molar-refractivity contribution in [2.75, 3.05) is 291 Å². The maximum atomic E-state index is 11.2. The van der Waals surface area contributed by atoms with Crippen molar-refractivity contribution < 1.29 is 119 Å². The normalized spacial score (nSPS) is 11.5. The van der Waals surface area contributed by atoms with Gasteiger partial charge < -0.3 is 109 Å². The van der Waals surface area contributed by atoms with Crippen molar-refractivity contribution in [1.29, 1.82) is 0 Å². The summed E-state index contributed by atoms with van der Waals surface area (Å²) in [6, 6.07) is 0. The van der Waals surface area contributed by atoms with Crippen LogP contribution in [0.2, 0.25) is 0 Å². The highest BCUT2D eigenvalue weighted by Gasteiger charge is 2.04. The van der Waals surface area contributed by atoms with Gasteiger partial charge in [-0.15, -0.1) is 0 Å². The molecular weight excluding hydrogens is 1020 g/mol. The molecule has 0 N–H and O–H groups in total. The Morgan fingerprint density at radius 1 is 0.182 bits per heavy atom. The molecule has 0 amide bonds. The van der Waals surface area contributed by atoms with Crippen molar-refractivity contribution in [2.45, 2.75) is 13.8 Å². The van der Waals surface area contributed by atoms with Crippen LogP contribution in [0.4, 0.5) is 0 Å². The quantitative estimate of drug-likeness (QED) is 0.0477. The van der Waals surface area contributed by atoms with Gasteiger partial charge in [-0.2, -0.15) is 0 Å². The van der Waals surface area contributed by atoms with Crippen LogP contribution in [0.1, 0.15) is 13.8 Å². The summed E-state index contributed by atoms with van der Waals surface area (Å²) in [5, 5.41) is 0. The van der Waals surface area contributed by atoms with Gasteiger partial charge in [0, 0.05) is 11.1 Å². The van der Waals surface area contributed by atoms with Crippen LogP contribution in [0, 0.1) is 0 Å². The van der Waals surface area contributed by atoms with Crippen molar-refractivity contribution >= 4 is 11.9 Å². The highest BCUT2D eigenvalue weighted by Crippen LogP contribution is 1.94. The summed E-state index contributed by atoms with van der Waals surface area (Å²) in [6.07, 6.45) is 0. The zero-order valence-corrected chi connectivity index (χ0v) is 46.7. The Bertz CT molecular complexity index is 1150. The van der Waals surface area contributed by atoms with Crippen LogP contribution in [0.15, 0.2) is 24.3 Å². The SMILES string of the molecule is C=C(C)C(=O)OCCOCCOCCOCCOCCOCCOCCOCCOCCOCCOCCOCCOCCOCCOCCOCCOCCOCCOCCOCCOCCOCCOC(=O)C(=C)C. The van der Waals surface area contributed by atoms with E-state index in [1.807, 2.05) is 0 Å². The predicted octanol–water partition coefficient (Wildman–Crippen LogP) is 1.57. The Hall–Kier alpha value is -2.42. The molecule has 0 fully saturated rings. The highest BCUT2D eigenvalue weighted by atomic mass is 16.6. The van der Waals surface area contributed by atoms with Crippen molar-refractivity contribution in [3.63, 3.8) is 0 Å². The van der Waals surface area contributed by atoms with Gasteiger partial charge in [0.25, 0.3) is 0 Å². The van der Waals surface area contributed by atoms with E-state index in [4.69, 9.17) is 109 Å². The third kappa shape index (κ3) is 66.0. The molecule has 0 unspecified atom stereocenters. The van der Waals surface area contributed by atoms with E-state index in [0.717, 1.165) is 0 Å². The van der Waals surface area contributed by atoms with Crippen LogP contribution in [-0.2, 0) is 119 Å². The molecule has 0 atom stereocenters. The molecule has 77 heavy (non-hydrogen) atoms. The van der Waals surface area contributed by atoms with E-state index in [2.05, 4.69) is 13.2 Å². The second kappa shape index (κ2) is 66.1. The first-order valence-electron chi connectivity index (χ1n) is 26.7. The molecule has 0 spiro atoms. The Balaban J connectivity index is 3.10. The van der Waals surface area contributed by atoms with Gasteiger partial charge in [-0.05, 0) is 13.8 Å². The number of esters is 2. The Morgan fingerprint density at radius 3 is 0.338 bits per heavy atom. The molecular formula is C52H98O25. The minimum atomic E-state index is -0.419. The number of carbonyl (C=O) groups excluding carboxylic acids is 2. The molecule has 0 aliphatic carbocycles. The van der Waals surface area contributed by atoms with Gasteiger partial charge in [-0.3, -0.25) is 0 Å². The molecule has 0 saturated carbocycles. The van der Waals surface area contributed by atoms with Crippen molar-refractivity contribution in [1.82, 2.24) is 0 Å². The second-order valence-corrected chi connectivity index (χ2v) is 15.7. The average molecular weight is 1120 g/mol. The number of hydrogen-bond acceptors (Lipinski definition) is 25. The van der Waals surface area contributed by atoms with Crippen LogP contribution < -0.4 is 0 Å². The molecule has 0 aromatic rings. The monoisotopic (exact) mass is 1120 g/mol. The fraction of sp³-hybridized carbons (Fsp3) is 0.885. The van der Waals surface area contributed by atoms with Gasteiger partial charge in [0.1, 0.15) is 13.2 Å². The van der Waals surface area contributed by atoms with E-state index in [0.29, 0.717) is 289 Å². The van der Waals surface area contributed by atoms with E-state index in [1.165, 1.54) is 0 Å². The van der Waals surface area contributed by atoms with Gasteiger partial charge in [0.05, 0.1) is 277 Å². The number of rotatable bonds is 68. The van der Waals surface area contributed by atoms with Crippen LogP contribution in [0.3, 0.4) is 0 Å². The van der Waals surface area contributed by atoms with E-state index in [-0.39, 0.29) is 13.2 Å². The average Bonchev–Trinajstić information content (AvgIpc) is 3.42. The molecule has 25 nitrogen and oxygen atoms in total. The Labute approximate surface area is 458 Å². The molecule has 0 aliphatic heterocycles. The smallest absolute Gasteiger partial charge is 0.333 e. The van der Waals surface area contributed by atoms with Gasteiger partial charge in [0.15, 0.2) is 0 Å². The van der Waals surface area contributed by atoms with Gasteiger partial charge in [0.2, 0.25) is 0 Å². The number of ether oxygens (including phenoxy) is 23. The fourth-order valence-electron chi connectivity index (χ4n) is 5.13. The summed E-state index contributed by atoms with van der Waals surface area (Å²) in [4.78, 5) is 22.5. The lowest BCUT2D eigenvalue weighted by molar-refractivity contribution is -0.141. The third-order valence-corrected chi connectivity index (χ3v) is 9.06. The molecule has 0 aromatic carbocycles. The lowest BCUT2D eigenvalue weighted by atomic mass is 10.4. The number of carbonyl (C=O) groups is 2. The lowest BCUT2D eigenvalue weighted by Gasteiger charge is -2.09. The first-order chi connectivity index (χ1) is 37.9. The van der Waals surface area contributed by atoms with Crippen molar-refractivity contribution in [3.8, 4) is 0 Å². The predicted molar refractivity (Wildman–Crippen MR) is 279 cm³/mol. The molecule has 0 bridgehead atoms. The number of hydrogen-bond donors (Lipinski definition) is 0. The lowest BCUT2D eigenvalue weighted by Crippen LogP contribution is -2.16. The van der Waals surface area contributed by atoms with Crippen LogP contribution >= 0.6 is 0 Å². The largest absolute Gasteiger partial charge is 0.460 e. The zero-order valence-electron chi connectivity index (χ0n) is 46.7. The molecule has 0 saturated heterocycles. The minimum Gasteiger partial charge on any atom is -0.460 e. The molecule has 0 rings (SSSR count). The minimum absolute atomic E-state index is 0.190. The molecule has 0 heterocycles. The summed E-state index contributed by atoms with van der Waals surface area (Å²) in [6.45, 7) is 30.0. The summed E-state index contributed by atoms with van der Waals surface area (Å²) in [5.41, 5.74) is 0.727. The van der Waals surface area contributed by atoms with E-state index >= 15 is 0 Å². The van der Waals surface area contributed by atoms with E-state index < -0.39 is 11.9 Å².